The highest BCUT2D eigenvalue weighted by molar-refractivity contribution is 5.77. The van der Waals surface area contributed by atoms with Crippen molar-refractivity contribution < 1.29 is 0 Å². The number of H-pyrrole nitrogens is 1. The average molecular weight is 430 g/mol. The molecule has 1 saturated heterocycles. The molecule has 0 amide bonds. The van der Waals surface area contributed by atoms with Crippen molar-refractivity contribution in [1.29, 1.82) is 0 Å². The lowest BCUT2D eigenvalue weighted by Gasteiger charge is -2.38. The third-order valence-electron chi connectivity index (χ3n) is 5.96. The number of hydrogen-bond acceptors (Lipinski definition) is 6. The van der Waals surface area contributed by atoms with Crippen LogP contribution in [0.15, 0.2) is 65.6 Å². The third kappa shape index (κ3) is 3.97. The number of benzene rings is 2. The van der Waals surface area contributed by atoms with E-state index in [-0.39, 0.29) is 5.56 Å². The Morgan fingerprint density at radius 3 is 2.47 bits per heavy atom. The van der Waals surface area contributed by atoms with Crippen LogP contribution in [0.3, 0.4) is 0 Å². The van der Waals surface area contributed by atoms with Gasteiger partial charge < -0.3 is 10.2 Å². The first-order chi connectivity index (χ1) is 15.6. The Hall–Kier alpha value is -3.65. The number of fused-ring (bicyclic) bond motifs is 1. The van der Waals surface area contributed by atoms with Gasteiger partial charge in [-0.3, -0.25) is 14.7 Å². The van der Waals surface area contributed by atoms with Crippen LogP contribution in [-0.2, 0) is 0 Å². The van der Waals surface area contributed by atoms with Crippen LogP contribution in [0.4, 0.5) is 17.3 Å². The van der Waals surface area contributed by atoms with Gasteiger partial charge in [0.25, 0.3) is 5.56 Å². The Bertz CT molecular complexity index is 1270. The van der Waals surface area contributed by atoms with Crippen LogP contribution in [0.2, 0.25) is 0 Å². The minimum absolute atomic E-state index is 0.222. The van der Waals surface area contributed by atoms with Crippen LogP contribution in [0.5, 0.6) is 0 Å². The Morgan fingerprint density at radius 1 is 0.969 bits per heavy atom. The zero-order chi connectivity index (χ0) is 22.1. The number of piperazine rings is 1. The first-order valence-corrected chi connectivity index (χ1v) is 11.0. The van der Waals surface area contributed by atoms with Crippen molar-refractivity contribution in [1.82, 2.24) is 24.6 Å². The normalized spacial score (nSPS) is 14.9. The molecule has 5 rings (SSSR count). The Kier molecular flexibility index (Phi) is 5.36. The Morgan fingerprint density at radius 2 is 1.72 bits per heavy atom. The van der Waals surface area contributed by atoms with Gasteiger partial charge in [-0.05, 0) is 44.2 Å². The second-order valence-corrected chi connectivity index (χ2v) is 8.34. The molecule has 0 radical (unpaired) electrons. The molecule has 2 aromatic carbocycles. The fourth-order valence-electron chi connectivity index (χ4n) is 4.15. The predicted octanol–water partition coefficient (Wildman–Crippen LogP) is 3.38. The SMILES string of the molecule is CC(C)N1CCN(c2cccc(Nc3nc4c(cnn4-c4ccccc4)c(=O)[nH]3)c2)CC1. The molecule has 3 heterocycles. The van der Waals surface area contributed by atoms with E-state index < -0.39 is 0 Å². The highest BCUT2D eigenvalue weighted by Gasteiger charge is 2.19. The lowest BCUT2D eigenvalue weighted by molar-refractivity contribution is 0.209. The van der Waals surface area contributed by atoms with Crippen LogP contribution >= 0.6 is 0 Å². The van der Waals surface area contributed by atoms with Crippen molar-refractivity contribution in [2.75, 3.05) is 36.4 Å². The van der Waals surface area contributed by atoms with Crippen LogP contribution in [0.1, 0.15) is 13.8 Å². The molecule has 1 aliphatic rings. The number of aromatic nitrogens is 4. The van der Waals surface area contributed by atoms with Gasteiger partial charge in [-0.1, -0.05) is 24.3 Å². The summed E-state index contributed by atoms with van der Waals surface area (Å²) in [5.41, 5.74) is 3.19. The molecule has 0 bridgehead atoms. The molecule has 1 aliphatic heterocycles. The van der Waals surface area contributed by atoms with E-state index in [1.54, 1.807) is 10.9 Å². The van der Waals surface area contributed by atoms with E-state index >= 15 is 0 Å². The number of para-hydroxylation sites is 1. The lowest BCUT2D eigenvalue weighted by Crippen LogP contribution is -2.48. The second-order valence-electron chi connectivity index (χ2n) is 8.34. The molecule has 0 spiro atoms. The maximum Gasteiger partial charge on any atom is 0.263 e. The van der Waals surface area contributed by atoms with Crippen molar-refractivity contribution in [3.05, 3.63) is 71.1 Å². The summed E-state index contributed by atoms with van der Waals surface area (Å²) in [5, 5.41) is 8.09. The smallest absolute Gasteiger partial charge is 0.263 e. The van der Waals surface area contributed by atoms with E-state index in [9.17, 15) is 4.79 Å². The molecule has 8 nitrogen and oxygen atoms in total. The van der Waals surface area contributed by atoms with Gasteiger partial charge in [0.2, 0.25) is 5.95 Å². The van der Waals surface area contributed by atoms with E-state index in [0.29, 0.717) is 23.0 Å². The molecule has 0 aliphatic carbocycles. The van der Waals surface area contributed by atoms with Gasteiger partial charge in [-0.15, -0.1) is 0 Å². The number of nitrogens with one attached hydrogen (secondary N) is 2. The quantitative estimate of drug-likeness (QED) is 0.506. The first-order valence-electron chi connectivity index (χ1n) is 11.0. The summed E-state index contributed by atoms with van der Waals surface area (Å²) in [6.45, 7) is 8.61. The molecular formula is C24H27N7O. The molecule has 0 atom stereocenters. The van der Waals surface area contributed by atoms with E-state index in [0.717, 1.165) is 43.2 Å². The summed E-state index contributed by atoms with van der Waals surface area (Å²) < 4.78 is 1.68. The van der Waals surface area contributed by atoms with Crippen molar-refractivity contribution in [3.63, 3.8) is 0 Å². The van der Waals surface area contributed by atoms with Crippen LogP contribution in [-0.4, -0.2) is 56.9 Å². The second kappa shape index (κ2) is 8.47. The highest BCUT2D eigenvalue weighted by atomic mass is 16.1. The van der Waals surface area contributed by atoms with Crippen molar-refractivity contribution in [2.45, 2.75) is 19.9 Å². The molecule has 1 fully saturated rings. The van der Waals surface area contributed by atoms with Crippen molar-refractivity contribution in [2.24, 2.45) is 0 Å². The van der Waals surface area contributed by atoms with Crippen molar-refractivity contribution >= 4 is 28.4 Å². The Labute approximate surface area is 186 Å². The summed E-state index contributed by atoms with van der Waals surface area (Å²) in [4.78, 5) is 25.0. The number of rotatable bonds is 5. The number of anilines is 3. The summed E-state index contributed by atoms with van der Waals surface area (Å²) in [5.74, 6) is 0.391. The lowest BCUT2D eigenvalue weighted by atomic mass is 10.2. The van der Waals surface area contributed by atoms with Crippen LogP contribution in [0.25, 0.3) is 16.7 Å². The largest absolute Gasteiger partial charge is 0.369 e. The van der Waals surface area contributed by atoms with Crippen LogP contribution in [0, 0.1) is 0 Å². The standard InChI is InChI=1S/C24H27N7O/c1-17(2)29-11-13-30(14-12-29)20-10-6-7-18(15-20)26-24-27-22-21(23(32)28-24)16-25-31(22)19-8-4-3-5-9-19/h3-10,15-17H,11-14H2,1-2H3,(H2,26,27,28,32). The molecular weight excluding hydrogens is 402 g/mol. The van der Waals surface area contributed by atoms with Gasteiger partial charge in [0, 0.05) is 43.6 Å². The van der Waals surface area contributed by atoms with Crippen LogP contribution < -0.4 is 15.8 Å². The number of nitrogens with zero attached hydrogens (tertiary/aromatic N) is 5. The molecule has 2 N–H and O–H groups in total. The van der Waals surface area contributed by atoms with Gasteiger partial charge in [-0.2, -0.15) is 10.1 Å². The zero-order valence-corrected chi connectivity index (χ0v) is 18.3. The summed E-state index contributed by atoms with van der Waals surface area (Å²) >= 11 is 0. The minimum Gasteiger partial charge on any atom is -0.369 e. The minimum atomic E-state index is -0.222. The predicted molar refractivity (Wildman–Crippen MR) is 128 cm³/mol. The molecule has 0 saturated carbocycles. The summed E-state index contributed by atoms with van der Waals surface area (Å²) in [6.07, 6.45) is 1.55. The average Bonchev–Trinajstić information content (AvgIpc) is 3.24. The third-order valence-corrected chi connectivity index (χ3v) is 5.96. The van der Waals surface area contributed by atoms with E-state index in [1.807, 2.05) is 42.5 Å². The zero-order valence-electron chi connectivity index (χ0n) is 18.3. The van der Waals surface area contributed by atoms with Gasteiger partial charge in [0.15, 0.2) is 5.65 Å². The number of hydrogen-bond donors (Lipinski definition) is 2. The molecule has 4 aromatic rings. The molecule has 2 aromatic heterocycles. The van der Waals surface area contributed by atoms with Gasteiger partial charge >= 0.3 is 0 Å². The molecule has 8 heteroatoms. The molecule has 0 unspecified atom stereocenters. The van der Waals surface area contributed by atoms with Gasteiger partial charge in [-0.25, -0.2) is 4.68 Å². The fourth-order valence-corrected chi connectivity index (χ4v) is 4.15. The van der Waals surface area contributed by atoms with E-state index in [4.69, 9.17) is 0 Å². The maximum atomic E-state index is 12.6. The fraction of sp³-hybridized carbons (Fsp3) is 0.292. The van der Waals surface area contributed by atoms with E-state index in [2.05, 4.69) is 56.2 Å². The van der Waals surface area contributed by atoms with Gasteiger partial charge in [0.05, 0.1) is 11.9 Å². The Balaban J connectivity index is 1.40. The van der Waals surface area contributed by atoms with Crippen molar-refractivity contribution in [3.8, 4) is 5.69 Å². The monoisotopic (exact) mass is 429 g/mol. The maximum absolute atomic E-state index is 12.6. The van der Waals surface area contributed by atoms with Gasteiger partial charge in [0.1, 0.15) is 5.39 Å². The summed E-state index contributed by atoms with van der Waals surface area (Å²) in [6, 6.07) is 18.5. The van der Waals surface area contributed by atoms with E-state index in [1.165, 1.54) is 0 Å². The molecule has 32 heavy (non-hydrogen) atoms. The number of aromatic amines is 1. The highest BCUT2D eigenvalue weighted by Crippen LogP contribution is 2.23. The molecule has 164 valence electrons. The first kappa shape index (κ1) is 20.3. The summed E-state index contributed by atoms with van der Waals surface area (Å²) in [7, 11) is 0. The topological polar surface area (TPSA) is 82.1 Å².